The topological polar surface area (TPSA) is 0 Å². The molecule has 0 atom stereocenters. The average molecular weight is 287 g/mol. The molecular weight excluding hydrogens is 274 g/mol. The fraction of sp³-hybridized carbons (Fsp3) is 0.400. The molecule has 0 nitrogen and oxygen atoms in total. The molecule has 1 fully saturated rings. The quantitative estimate of drug-likeness (QED) is 0.697. The molecule has 0 saturated carbocycles. The molecule has 1 aromatic rings. The van der Waals surface area contributed by atoms with Gasteiger partial charge in [0, 0.05) is 0 Å². The Kier molecular flexibility index (Phi) is 2.66. The first-order chi connectivity index (χ1) is 5.81. The zero-order chi connectivity index (χ0) is 8.44. The van der Waals surface area contributed by atoms with E-state index in [4.69, 9.17) is 8.92 Å². The predicted octanol–water partition coefficient (Wildman–Crippen LogP) is 2.87. The van der Waals surface area contributed by atoms with Crippen molar-refractivity contribution in [3.63, 3.8) is 0 Å². The van der Waals surface area contributed by atoms with Crippen molar-refractivity contribution in [2.24, 2.45) is 0 Å². The summed E-state index contributed by atoms with van der Waals surface area (Å²) in [5.74, 6) is 0. The molecule has 1 saturated heterocycles. The van der Waals surface area contributed by atoms with E-state index in [1.54, 1.807) is 0 Å². The standard InChI is InChI=1S/C6H5.C4H8.ClH.Sn/c1-2-4-6-5-3-1;1-3-4-2;;/h1-5H;1-4H2;1H;/q;;;+1/p-1. The van der Waals surface area contributed by atoms with Crippen molar-refractivity contribution < 1.29 is 0 Å². The summed E-state index contributed by atoms with van der Waals surface area (Å²) in [6, 6.07) is 10.8. The summed E-state index contributed by atoms with van der Waals surface area (Å²) in [7, 11) is 6.71. The van der Waals surface area contributed by atoms with E-state index in [-0.39, 0.29) is 0 Å². The van der Waals surface area contributed by atoms with Gasteiger partial charge in [0.1, 0.15) is 0 Å². The van der Waals surface area contributed by atoms with Crippen LogP contribution in [0.25, 0.3) is 0 Å². The third kappa shape index (κ3) is 1.64. The predicted molar refractivity (Wildman–Crippen MR) is 56.5 cm³/mol. The van der Waals surface area contributed by atoms with Crippen LogP contribution in [0.3, 0.4) is 0 Å². The van der Waals surface area contributed by atoms with Gasteiger partial charge in [0.25, 0.3) is 0 Å². The number of halogens is 1. The van der Waals surface area contributed by atoms with E-state index in [1.807, 2.05) is 0 Å². The second-order valence-corrected chi connectivity index (χ2v) is 18.4. The molecule has 1 heterocycles. The molecule has 0 aromatic heterocycles. The Balaban J connectivity index is 2.29. The van der Waals surface area contributed by atoms with Crippen LogP contribution in [0.15, 0.2) is 30.3 Å². The average Bonchev–Trinajstić information content (AvgIpc) is 2.55. The maximum atomic E-state index is 6.71. The van der Waals surface area contributed by atoms with Crippen molar-refractivity contribution in [1.29, 1.82) is 0 Å². The first-order valence-electron chi connectivity index (χ1n) is 4.56. The summed E-state index contributed by atoms with van der Waals surface area (Å²) in [5, 5.41) is 0. The SMILES string of the molecule is [Cl][Sn]1([c]2ccccc2)[CH2]CC[CH2]1. The molecule has 12 heavy (non-hydrogen) atoms. The van der Waals surface area contributed by atoms with Gasteiger partial charge in [-0.1, -0.05) is 0 Å². The number of hydrogen-bond acceptors (Lipinski definition) is 0. The van der Waals surface area contributed by atoms with Crippen LogP contribution < -0.4 is 3.58 Å². The molecule has 1 aromatic carbocycles. The van der Waals surface area contributed by atoms with E-state index in [0.29, 0.717) is 0 Å². The summed E-state index contributed by atoms with van der Waals surface area (Å²) in [5.41, 5.74) is 0. The van der Waals surface area contributed by atoms with Crippen molar-refractivity contribution in [3.05, 3.63) is 30.3 Å². The summed E-state index contributed by atoms with van der Waals surface area (Å²) >= 11 is -2.23. The van der Waals surface area contributed by atoms with Crippen molar-refractivity contribution in [2.45, 2.75) is 21.7 Å². The van der Waals surface area contributed by atoms with Gasteiger partial charge in [-0.2, -0.15) is 0 Å². The molecule has 0 unspecified atom stereocenters. The third-order valence-corrected chi connectivity index (χ3v) is 17.1. The van der Waals surface area contributed by atoms with E-state index < -0.39 is 17.3 Å². The molecule has 0 spiro atoms. The Morgan fingerprint density at radius 3 is 2.17 bits per heavy atom. The Labute approximate surface area is 81.5 Å². The van der Waals surface area contributed by atoms with Gasteiger partial charge in [0.15, 0.2) is 0 Å². The van der Waals surface area contributed by atoms with Crippen LogP contribution in [0.5, 0.6) is 0 Å². The fourth-order valence-corrected chi connectivity index (χ4v) is 13.8. The Morgan fingerprint density at radius 2 is 1.58 bits per heavy atom. The first kappa shape index (κ1) is 8.89. The van der Waals surface area contributed by atoms with Gasteiger partial charge >= 0.3 is 81.8 Å². The van der Waals surface area contributed by atoms with Gasteiger partial charge in [0.05, 0.1) is 0 Å². The van der Waals surface area contributed by atoms with Crippen LogP contribution in [0.4, 0.5) is 0 Å². The third-order valence-electron chi connectivity index (χ3n) is 2.69. The molecule has 0 radical (unpaired) electrons. The Hall–Kier alpha value is 0.309. The summed E-state index contributed by atoms with van der Waals surface area (Å²) in [6.07, 6.45) is 2.74. The maximum absolute atomic E-state index is 6.71. The molecule has 1 aliphatic rings. The Bertz CT molecular complexity index is 252. The second kappa shape index (κ2) is 3.59. The van der Waals surface area contributed by atoms with Crippen LogP contribution in [0.1, 0.15) is 12.8 Å². The van der Waals surface area contributed by atoms with E-state index in [9.17, 15) is 0 Å². The molecule has 0 N–H and O–H groups in total. The number of rotatable bonds is 1. The van der Waals surface area contributed by atoms with E-state index in [1.165, 1.54) is 25.3 Å². The second-order valence-electron chi connectivity index (χ2n) is 3.54. The summed E-state index contributed by atoms with van der Waals surface area (Å²) in [6.45, 7) is 0. The first-order valence-corrected chi connectivity index (χ1v) is 13.6. The van der Waals surface area contributed by atoms with Crippen LogP contribution in [0.2, 0.25) is 8.87 Å². The molecule has 2 heteroatoms. The molecule has 1 aliphatic heterocycles. The van der Waals surface area contributed by atoms with Gasteiger partial charge in [-0.25, -0.2) is 0 Å². The van der Waals surface area contributed by atoms with E-state index in [2.05, 4.69) is 30.3 Å². The fourth-order valence-electron chi connectivity index (χ4n) is 1.96. The molecule has 64 valence electrons. The van der Waals surface area contributed by atoms with Gasteiger partial charge in [0.2, 0.25) is 0 Å². The number of benzene rings is 1. The summed E-state index contributed by atoms with van der Waals surface area (Å²) in [4.78, 5) is 0. The van der Waals surface area contributed by atoms with Crippen molar-refractivity contribution in [1.82, 2.24) is 0 Å². The normalized spacial score (nSPS) is 21.1. The monoisotopic (exact) mass is 288 g/mol. The van der Waals surface area contributed by atoms with Crippen LogP contribution in [-0.4, -0.2) is 17.3 Å². The van der Waals surface area contributed by atoms with Crippen LogP contribution >= 0.6 is 8.92 Å². The minimum atomic E-state index is -2.23. The van der Waals surface area contributed by atoms with Crippen LogP contribution in [0, 0.1) is 0 Å². The van der Waals surface area contributed by atoms with Crippen molar-refractivity contribution in [2.75, 3.05) is 0 Å². The van der Waals surface area contributed by atoms with Gasteiger partial charge in [-0.3, -0.25) is 0 Å². The minimum absolute atomic E-state index is 1.35. The number of hydrogen-bond donors (Lipinski definition) is 0. The van der Waals surface area contributed by atoms with E-state index >= 15 is 0 Å². The zero-order valence-electron chi connectivity index (χ0n) is 7.09. The van der Waals surface area contributed by atoms with Crippen LogP contribution in [-0.2, 0) is 0 Å². The van der Waals surface area contributed by atoms with Gasteiger partial charge < -0.3 is 0 Å². The molecule has 0 amide bonds. The molecule has 0 aliphatic carbocycles. The van der Waals surface area contributed by atoms with Crippen molar-refractivity contribution >= 4 is 29.8 Å². The van der Waals surface area contributed by atoms with Crippen molar-refractivity contribution in [3.8, 4) is 0 Å². The van der Waals surface area contributed by atoms with Gasteiger partial charge in [-0.05, 0) is 0 Å². The molecular formula is C10H13ClSn. The van der Waals surface area contributed by atoms with Gasteiger partial charge in [-0.15, -0.1) is 0 Å². The van der Waals surface area contributed by atoms with E-state index in [0.717, 1.165) is 0 Å². The Morgan fingerprint density at radius 1 is 1.00 bits per heavy atom. The molecule has 2 rings (SSSR count). The summed E-state index contributed by atoms with van der Waals surface area (Å²) < 4.78 is 4.20. The zero-order valence-corrected chi connectivity index (χ0v) is 10.7. The molecule has 0 bridgehead atoms.